The summed E-state index contributed by atoms with van der Waals surface area (Å²) in [5.74, 6) is 0.588. The first-order valence-electron chi connectivity index (χ1n) is 16.6. The smallest absolute Gasteiger partial charge is 0.444 e. The molecule has 1 atom stereocenters. The van der Waals surface area contributed by atoms with Crippen molar-refractivity contribution in [2.75, 3.05) is 31.1 Å². The number of hydrogen-bond donors (Lipinski definition) is 0. The Labute approximate surface area is 282 Å². The number of carbonyl (C=O) groups excluding carboxylic acids is 1. The molecule has 3 aromatic rings. The summed E-state index contributed by atoms with van der Waals surface area (Å²) >= 11 is 0. The first kappa shape index (κ1) is 35.1. The molecule has 0 saturated carbocycles. The number of anilines is 1. The van der Waals surface area contributed by atoms with E-state index in [-0.39, 0.29) is 17.2 Å². The number of amides is 1. The van der Waals surface area contributed by atoms with Crippen molar-refractivity contribution in [2.24, 2.45) is 0 Å². The third-order valence-corrected chi connectivity index (χ3v) is 14.5. The highest BCUT2D eigenvalue weighted by molar-refractivity contribution is 6.99. The minimum absolute atomic E-state index is 0.201. The lowest BCUT2D eigenvalue weighted by molar-refractivity contribution is 0.00578. The third kappa shape index (κ3) is 7.28. The fraction of sp³-hybridized carbons (Fsp3) is 0.528. The van der Waals surface area contributed by atoms with Crippen molar-refractivity contribution in [1.82, 2.24) is 14.9 Å². The third-order valence-electron chi connectivity index (χ3n) is 9.49. The number of piperazine rings is 1. The molecule has 1 unspecified atom stereocenters. The quantitative estimate of drug-likeness (QED) is 0.336. The Morgan fingerprint density at radius 1 is 0.872 bits per heavy atom. The first-order chi connectivity index (χ1) is 21.9. The molecule has 11 heteroatoms. The summed E-state index contributed by atoms with van der Waals surface area (Å²) < 4.78 is 25.6. The monoisotopic (exact) mass is 658 g/mol. The van der Waals surface area contributed by atoms with Gasteiger partial charge in [0.1, 0.15) is 5.60 Å². The van der Waals surface area contributed by atoms with Crippen LogP contribution in [0.3, 0.4) is 0 Å². The second-order valence-electron chi connectivity index (χ2n) is 15.7. The van der Waals surface area contributed by atoms with Gasteiger partial charge in [-0.25, -0.2) is 14.8 Å². The Bertz CT molecular complexity index is 1450. The maximum Gasteiger partial charge on any atom is 0.498 e. The van der Waals surface area contributed by atoms with Gasteiger partial charge in [0, 0.05) is 37.5 Å². The molecule has 0 bridgehead atoms. The number of nitrogens with zero attached hydrogens (tertiary/aromatic N) is 4. The molecule has 0 spiro atoms. The van der Waals surface area contributed by atoms with E-state index in [2.05, 4.69) is 74.2 Å². The van der Waals surface area contributed by atoms with Crippen molar-refractivity contribution in [3.8, 4) is 0 Å². The Hall–Kier alpha value is -3.25. The van der Waals surface area contributed by atoms with Gasteiger partial charge in [0.25, 0.3) is 8.32 Å². The fourth-order valence-electron chi connectivity index (χ4n) is 6.32. The van der Waals surface area contributed by atoms with E-state index in [1.807, 2.05) is 65.5 Å². The predicted molar refractivity (Wildman–Crippen MR) is 190 cm³/mol. The lowest BCUT2D eigenvalue weighted by Gasteiger charge is -2.46. The number of carbonyl (C=O) groups is 1. The van der Waals surface area contributed by atoms with Crippen LogP contribution in [0.5, 0.6) is 0 Å². The van der Waals surface area contributed by atoms with Gasteiger partial charge in [0.15, 0.2) is 0 Å². The van der Waals surface area contributed by atoms with Gasteiger partial charge in [-0.15, -0.1) is 0 Å². The van der Waals surface area contributed by atoms with Crippen LogP contribution < -0.4 is 20.7 Å². The van der Waals surface area contributed by atoms with Gasteiger partial charge in [-0.1, -0.05) is 81.4 Å². The van der Waals surface area contributed by atoms with E-state index in [1.165, 1.54) is 10.4 Å². The van der Waals surface area contributed by atoms with Crippen LogP contribution in [-0.2, 0) is 18.5 Å². The number of ether oxygens (including phenoxy) is 1. The molecule has 2 saturated heterocycles. The Morgan fingerprint density at radius 2 is 1.38 bits per heavy atom. The summed E-state index contributed by atoms with van der Waals surface area (Å²) in [6.45, 7) is 22.4. The molecular weight excluding hydrogens is 607 g/mol. The van der Waals surface area contributed by atoms with Gasteiger partial charge in [-0.3, -0.25) is 4.90 Å². The molecule has 252 valence electrons. The molecule has 2 fully saturated rings. The standard InChI is InChI=1S/C36H51BN4O5Si/c1-33(2,3)44-32(42)41-22-21-40(31-38-23-27(24-39-31)37-45-35(7,8)36(9,10)46-37)25-28(41)26-43-47(34(4,5)6,29-17-13-11-14-18-29)30-19-15-12-16-20-30/h11-20,23-24,28H,21-22,25-26H2,1-10H3. The molecule has 0 aliphatic carbocycles. The Morgan fingerprint density at radius 3 is 1.85 bits per heavy atom. The van der Waals surface area contributed by atoms with Crippen molar-refractivity contribution in [2.45, 2.75) is 97.1 Å². The zero-order chi connectivity index (χ0) is 34.3. The van der Waals surface area contributed by atoms with Gasteiger partial charge in [-0.05, 0) is 63.9 Å². The maximum atomic E-state index is 13.6. The van der Waals surface area contributed by atoms with Crippen LogP contribution in [-0.4, -0.2) is 85.5 Å². The van der Waals surface area contributed by atoms with E-state index >= 15 is 0 Å². The van der Waals surface area contributed by atoms with E-state index in [0.29, 0.717) is 32.2 Å². The predicted octanol–water partition coefficient (Wildman–Crippen LogP) is 4.78. The summed E-state index contributed by atoms with van der Waals surface area (Å²) in [6.07, 6.45) is 3.21. The summed E-state index contributed by atoms with van der Waals surface area (Å²) in [5, 5.41) is 2.18. The average molecular weight is 659 g/mol. The van der Waals surface area contributed by atoms with Crippen LogP contribution >= 0.6 is 0 Å². The minimum Gasteiger partial charge on any atom is -0.444 e. The fourth-order valence-corrected chi connectivity index (χ4v) is 10.9. The Balaban J connectivity index is 1.44. The SMILES string of the molecule is CC(C)(C)OC(=O)N1CCN(c2ncc(B3OC(C)(C)C(C)(C)O3)cn2)CC1CO[Si](c1ccccc1)(c1ccccc1)C(C)(C)C. The molecule has 1 amide bonds. The van der Waals surface area contributed by atoms with E-state index in [9.17, 15) is 4.79 Å². The molecule has 47 heavy (non-hydrogen) atoms. The molecule has 2 aliphatic heterocycles. The highest BCUT2D eigenvalue weighted by Crippen LogP contribution is 2.38. The summed E-state index contributed by atoms with van der Waals surface area (Å²) in [5.41, 5.74) is -0.755. The first-order valence-corrected chi connectivity index (χ1v) is 18.5. The van der Waals surface area contributed by atoms with E-state index < -0.39 is 32.2 Å². The molecule has 0 N–H and O–H groups in total. The largest absolute Gasteiger partial charge is 0.498 e. The van der Waals surface area contributed by atoms with Gasteiger partial charge >= 0.3 is 13.2 Å². The highest BCUT2D eigenvalue weighted by Gasteiger charge is 2.53. The van der Waals surface area contributed by atoms with E-state index in [0.717, 1.165) is 5.46 Å². The maximum absolute atomic E-state index is 13.6. The normalized spacial score (nSPS) is 20.0. The second kappa shape index (κ2) is 13.0. The average Bonchev–Trinajstić information content (AvgIpc) is 3.23. The van der Waals surface area contributed by atoms with E-state index in [4.69, 9.17) is 28.4 Å². The molecule has 5 rings (SSSR count). The summed E-state index contributed by atoms with van der Waals surface area (Å²) in [4.78, 5) is 27.0. The van der Waals surface area contributed by atoms with Crippen molar-refractivity contribution in [3.63, 3.8) is 0 Å². The van der Waals surface area contributed by atoms with Crippen LogP contribution in [0.15, 0.2) is 73.1 Å². The number of aromatic nitrogens is 2. The summed E-state index contributed by atoms with van der Waals surface area (Å²) in [7, 11) is -3.38. The van der Waals surface area contributed by atoms with Crippen molar-refractivity contribution in [1.29, 1.82) is 0 Å². The van der Waals surface area contributed by atoms with Gasteiger partial charge in [-0.2, -0.15) is 0 Å². The molecule has 9 nitrogen and oxygen atoms in total. The molecule has 3 heterocycles. The van der Waals surface area contributed by atoms with Crippen LogP contribution in [0.25, 0.3) is 0 Å². The summed E-state index contributed by atoms with van der Waals surface area (Å²) in [6, 6.07) is 20.8. The second-order valence-corrected chi connectivity index (χ2v) is 20.0. The molecular formula is C36H51BN4O5Si. The van der Waals surface area contributed by atoms with Gasteiger partial charge < -0.3 is 23.4 Å². The Kier molecular flexibility index (Phi) is 9.69. The lowest BCUT2D eigenvalue weighted by Crippen LogP contribution is -2.68. The molecule has 1 aromatic heterocycles. The lowest BCUT2D eigenvalue weighted by atomic mass is 9.81. The van der Waals surface area contributed by atoms with Crippen molar-refractivity contribution >= 4 is 43.3 Å². The zero-order valence-electron chi connectivity index (χ0n) is 29.7. The van der Waals surface area contributed by atoms with E-state index in [1.54, 1.807) is 12.4 Å². The zero-order valence-corrected chi connectivity index (χ0v) is 30.7. The minimum atomic E-state index is -2.85. The van der Waals surface area contributed by atoms with Crippen molar-refractivity contribution in [3.05, 3.63) is 73.1 Å². The molecule has 2 aliphatic rings. The van der Waals surface area contributed by atoms with Crippen LogP contribution in [0.1, 0.15) is 69.2 Å². The number of hydrogen-bond acceptors (Lipinski definition) is 8. The number of rotatable bonds is 7. The number of benzene rings is 2. The topological polar surface area (TPSA) is 86.3 Å². The van der Waals surface area contributed by atoms with Gasteiger partial charge in [0.2, 0.25) is 5.95 Å². The van der Waals surface area contributed by atoms with Crippen LogP contribution in [0.4, 0.5) is 10.7 Å². The van der Waals surface area contributed by atoms with Crippen molar-refractivity contribution < 1.29 is 23.3 Å². The highest BCUT2D eigenvalue weighted by atomic mass is 28.4. The van der Waals surface area contributed by atoms with Gasteiger partial charge in [0.05, 0.1) is 23.9 Å². The molecule has 0 radical (unpaired) electrons. The van der Waals surface area contributed by atoms with Crippen LogP contribution in [0.2, 0.25) is 5.04 Å². The molecule has 2 aromatic carbocycles. The van der Waals surface area contributed by atoms with Crippen LogP contribution in [0, 0.1) is 0 Å².